The van der Waals surface area contributed by atoms with Gasteiger partial charge in [-0.05, 0) is 45.2 Å². The fourth-order valence-electron chi connectivity index (χ4n) is 2.29. The van der Waals surface area contributed by atoms with Crippen LogP contribution in [0, 0.1) is 11.3 Å². The molecule has 0 fully saturated rings. The number of alkyl halides is 3. The number of anilines is 1. The van der Waals surface area contributed by atoms with Crippen molar-refractivity contribution in [2.24, 2.45) is 0 Å². The zero-order valence-electron chi connectivity index (χ0n) is 16.3. The normalized spacial score (nSPS) is 11.5. The van der Waals surface area contributed by atoms with Gasteiger partial charge < -0.3 is 14.5 Å². The van der Waals surface area contributed by atoms with Gasteiger partial charge >= 0.3 is 12.5 Å². The Kier molecular flexibility index (Phi) is 6.66. The molecule has 1 aromatic heterocycles. The fraction of sp³-hybridized carbons (Fsp3) is 0.333. The molecule has 2 aromatic rings. The third kappa shape index (κ3) is 6.15. The van der Waals surface area contributed by atoms with Crippen LogP contribution in [-0.2, 0) is 4.74 Å². The van der Waals surface area contributed by atoms with Crippen molar-refractivity contribution in [1.29, 1.82) is 5.26 Å². The van der Waals surface area contributed by atoms with E-state index in [9.17, 15) is 28.0 Å². The average Bonchev–Trinajstić information content (AvgIpc) is 2.59. The van der Waals surface area contributed by atoms with Crippen LogP contribution in [0.2, 0.25) is 0 Å². The first-order valence-corrected chi connectivity index (χ1v) is 9.54. The van der Waals surface area contributed by atoms with E-state index in [0.717, 1.165) is 30.0 Å². The van der Waals surface area contributed by atoms with Crippen molar-refractivity contribution >= 4 is 23.5 Å². The molecule has 1 aromatic carbocycles. The molecule has 0 spiro atoms. The van der Waals surface area contributed by atoms with Crippen LogP contribution in [0.1, 0.15) is 26.3 Å². The number of carbonyl (C=O) groups is 1. The number of carbonyl (C=O) groups excluding carboxylic acids is 1. The van der Waals surface area contributed by atoms with Crippen LogP contribution in [0.3, 0.4) is 0 Å². The van der Waals surface area contributed by atoms with E-state index in [1.54, 1.807) is 33.1 Å². The summed E-state index contributed by atoms with van der Waals surface area (Å²) in [5.41, 5.74) is -2.43. The summed E-state index contributed by atoms with van der Waals surface area (Å²) in [6, 6.07) is 4.70. The maximum Gasteiger partial charge on any atom is 0.573 e. The number of nitriles is 1. The van der Waals surface area contributed by atoms with Crippen LogP contribution in [0.25, 0.3) is 11.3 Å². The number of hydrogen-bond donors (Lipinski definition) is 2. The number of H-pyrrole nitrogens is 1. The van der Waals surface area contributed by atoms with Crippen molar-refractivity contribution in [3.05, 3.63) is 34.1 Å². The van der Waals surface area contributed by atoms with E-state index >= 15 is 0 Å². The minimum atomic E-state index is -4.97. The number of hydrogen-bond acceptors (Lipinski definition) is 7. The highest BCUT2D eigenvalue weighted by molar-refractivity contribution is 7.98. The first kappa shape index (κ1) is 23.1. The predicted octanol–water partition coefficient (Wildman–Crippen LogP) is 4.28. The van der Waals surface area contributed by atoms with Crippen molar-refractivity contribution in [2.45, 2.75) is 37.9 Å². The molecule has 0 saturated heterocycles. The molecule has 30 heavy (non-hydrogen) atoms. The topological polar surface area (TPSA) is 117 Å². The Morgan fingerprint density at radius 1 is 1.30 bits per heavy atom. The Morgan fingerprint density at radius 2 is 1.97 bits per heavy atom. The highest BCUT2D eigenvalue weighted by Gasteiger charge is 2.32. The molecule has 0 radical (unpaired) electrons. The molecule has 0 atom stereocenters. The molecule has 1 heterocycles. The molecule has 0 saturated carbocycles. The van der Waals surface area contributed by atoms with Crippen LogP contribution < -0.4 is 15.6 Å². The number of thioether (sulfide) groups is 1. The Morgan fingerprint density at radius 3 is 2.50 bits per heavy atom. The van der Waals surface area contributed by atoms with E-state index in [1.807, 2.05) is 0 Å². The molecule has 2 N–H and O–H groups in total. The van der Waals surface area contributed by atoms with Gasteiger partial charge in [0.2, 0.25) is 0 Å². The predicted molar refractivity (Wildman–Crippen MR) is 103 cm³/mol. The number of nitrogens with zero attached hydrogens (tertiary/aromatic N) is 2. The number of aromatic nitrogens is 2. The van der Waals surface area contributed by atoms with E-state index in [1.165, 1.54) is 0 Å². The van der Waals surface area contributed by atoms with Crippen molar-refractivity contribution in [2.75, 3.05) is 11.6 Å². The number of ether oxygens (including phenoxy) is 2. The van der Waals surface area contributed by atoms with Gasteiger partial charge in [0.05, 0.1) is 11.4 Å². The first-order chi connectivity index (χ1) is 13.8. The summed E-state index contributed by atoms with van der Waals surface area (Å²) in [7, 11) is 0. The molecule has 160 valence electrons. The molecule has 0 unspecified atom stereocenters. The maximum atomic E-state index is 12.7. The standard InChI is InChI=1S/C18H17F3N4O4S/c1-17(2,3)29-16(27)23-12-6-5-9(28-18(19,20)21)7-10(12)13-11(8-22)14(26)25-15(24-13)30-4/h5-7H,1-4H3,(H,23,27)(H,24,25,26). The zero-order chi connectivity index (χ0) is 22.7. The second-order valence-electron chi connectivity index (χ2n) is 6.79. The van der Waals surface area contributed by atoms with Crippen molar-refractivity contribution in [3.8, 4) is 23.1 Å². The second-order valence-corrected chi connectivity index (χ2v) is 7.59. The number of rotatable bonds is 4. The molecule has 0 aliphatic carbocycles. The molecule has 1 amide bonds. The lowest BCUT2D eigenvalue weighted by molar-refractivity contribution is -0.274. The smallest absolute Gasteiger partial charge is 0.444 e. The van der Waals surface area contributed by atoms with Crippen molar-refractivity contribution < 1.29 is 27.4 Å². The number of benzene rings is 1. The first-order valence-electron chi connectivity index (χ1n) is 8.31. The minimum absolute atomic E-state index is 0.0274. The summed E-state index contributed by atoms with van der Waals surface area (Å²) < 4.78 is 47.1. The van der Waals surface area contributed by atoms with Gasteiger partial charge in [-0.1, -0.05) is 11.8 Å². The Balaban J connectivity index is 2.66. The van der Waals surface area contributed by atoms with Gasteiger partial charge in [-0.25, -0.2) is 9.78 Å². The molecular weight excluding hydrogens is 425 g/mol. The van der Waals surface area contributed by atoms with Crippen LogP contribution in [0.4, 0.5) is 23.7 Å². The van der Waals surface area contributed by atoms with Gasteiger partial charge in [0, 0.05) is 5.56 Å². The molecule has 8 nitrogen and oxygen atoms in total. The Labute approximate surface area is 173 Å². The Bertz CT molecular complexity index is 1060. The fourth-order valence-corrected chi connectivity index (χ4v) is 2.66. The van der Waals surface area contributed by atoms with Crippen LogP contribution >= 0.6 is 11.8 Å². The highest BCUT2D eigenvalue weighted by Crippen LogP contribution is 2.34. The summed E-state index contributed by atoms with van der Waals surface area (Å²) >= 11 is 1.05. The van der Waals surface area contributed by atoms with Gasteiger partial charge in [0.15, 0.2) is 5.16 Å². The lowest BCUT2D eigenvalue weighted by atomic mass is 10.0. The van der Waals surface area contributed by atoms with E-state index in [-0.39, 0.29) is 22.1 Å². The number of amides is 1. The third-order valence-electron chi connectivity index (χ3n) is 3.32. The van der Waals surface area contributed by atoms with Crippen molar-refractivity contribution in [3.63, 3.8) is 0 Å². The quantitative estimate of drug-likeness (QED) is 0.536. The number of halogens is 3. The van der Waals surface area contributed by atoms with Gasteiger partial charge in [0.25, 0.3) is 5.56 Å². The van der Waals surface area contributed by atoms with Gasteiger partial charge in [-0.15, -0.1) is 13.2 Å². The van der Waals surface area contributed by atoms with Gasteiger partial charge in [-0.2, -0.15) is 5.26 Å². The van der Waals surface area contributed by atoms with E-state index in [0.29, 0.717) is 0 Å². The lowest BCUT2D eigenvalue weighted by Gasteiger charge is -2.21. The number of nitrogens with one attached hydrogen (secondary N) is 2. The molecule has 12 heteroatoms. The molecule has 0 aliphatic rings. The van der Waals surface area contributed by atoms with Crippen LogP contribution in [0.15, 0.2) is 28.2 Å². The molecule has 0 aliphatic heterocycles. The lowest BCUT2D eigenvalue weighted by Crippen LogP contribution is -2.27. The van der Waals surface area contributed by atoms with E-state index in [2.05, 4.69) is 20.0 Å². The van der Waals surface area contributed by atoms with Gasteiger partial charge in [0.1, 0.15) is 23.0 Å². The average molecular weight is 442 g/mol. The minimum Gasteiger partial charge on any atom is -0.444 e. The van der Waals surface area contributed by atoms with Crippen molar-refractivity contribution in [1.82, 2.24) is 9.97 Å². The molecule has 0 bridgehead atoms. The van der Waals surface area contributed by atoms with E-state index in [4.69, 9.17) is 4.74 Å². The molecule has 2 rings (SSSR count). The summed E-state index contributed by atoms with van der Waals surface area (Å²) in [5.74, 6) is -0.621. The Hall–Kier alpha value is -3.20. The summed E-state index contributed by atoms with van der Waals surface area (Å²) in [4.78, 5) is 30.9. The highest BCUT2D eigenvalue weighted by atomic mass is 32.2. The SMILES string of the molecule is CSc1nc(-c2cc(OC(F)(F)F)ccc2NC(=O)OC(C)(C)C)c(C#N)c(=O)[nH]1. The van der Waals surface area contributed by atoms with Crippen LogP contribution in [-0.4, -0.2) is 34.3 Å². The summed E-state index contributed by atoms with van der Waals surface area (Å²) in [6.45, 7) is 4.89. The monoisotopic (exact) mass is 442 g/mol. The second kappa shape index (κ2) is 8.66. The van der Waals surface area contributed by atoms with E-state index < -0.39 is 34.9 Å². The number of aromatic amines is 1. The largest absolute Gasteiger partial charge is 0.573 e. The summed E-state index contributed by atoms with van der Waals surface area (Å²) in [5, 5.41) is 11.9. The maximum absolute atomic E-state index is 12.7. The third-order valence-corrected chi connectivity index (χ3v) is 3.90. The molecular formula is C18H17F3N4O4S. The van der Waals surface area contributed by atoms with Crippen LogP contribution in [0.5, 0.6) is 5.75 Å². The zero-order valence-corrected chi connectivity index (χ0v) is 17.1. The summed E-state index contributed by atoms with van der Waals surface area (Å²) in [6.07, 6.45) is -4.25. The van der Waals surface area contributed by atoms with Gasteiger partial charge in [-0.3, -0.25) is 10.1 Å².